The third-order valence-corrected chi connectivity index (χ3v) is 11.1. The van der Waals surface area contributed by atoms with Crippen molar-refractivity contribution in [3.8, 4) is 0 Å². The van der Waals surface area contributed by atoms with Gasteiger partial charge in [0, 0.05) is 0 Å². The van der Waals surface area contributed by atoms with E-state index in [2.05, 4.69) is 36.3 Å². The summed E-state index contributed by atoms with van der Waals surface area (Å²) in [6.07, 6.45) is 13.2. The van der Waals surface area contributed by atoms with Gasteiger partial charge in [-0.05, 0) is 0 Å². The predicted octanol–water partition coefficient (Wildman–Crippen LogP) is 3.95. The van der Waals surface area contributed by atoms with E-state index in [9.17, 15) is 0 Å². The van der Waals surface area contributed by atoms with Gasteiger partial charge in [0.2, 0.25) is 0 Å². The van der Waals surface area contributed by atoms with E-state index in [1.807, 2.05) is 0 Å². The molecule has 14 heavy (non-hydrogen) atoms. The Morgan fingerprint density at radius 2 is 1.00 bits per heavy atom. The molecule has 0 atom stereocenters. The zero-order chi connectivity index (χ0) is 10.9. The molecule has 88 valence electrons. The monoisotopic (exact) mass is 284 g/mol. The number of unbranched alkanes of at least 4 members (excludes halogenated alkanes) is 3. The van der Waals surface area contributed by atoms with Crippen LogP contribution in [0.3, 0.4) is 0 Å². The van der Waals surface area contributed by atoms with Crippen molar-refractivity contribution in [2.24, 2.45) is 0 Å². The molecule has 0 rings (SSSR count). The first-order chi connectivity index (χ1) is 6.68. The van der Waals surface area contributed by atoms with Crippen LogP contribution >= 0.6 is 5.95 Å². The van der Waals surface area contributed by atoms with Gasteiger partial charge >= 0.3 is 99.3 Å². The topological polar surface area (TPSA) is 0 Å². The summed E-state index contributed by atoms with van der Waals surface area (Å²) < 4.78 is 0. The second kappa shape index (κ2) is 9.20. The Balaban J connectivity index is 3.89. The fourth-order valence-corrected chi connectivity index (χ4v) is 8.66. The van der Waals surface area contributed by atoms with Gasteiger partial charge in [-0.1, -0.05) is 0 Å². The summed E-state index contributed by atoms with van der Waals surface area (Å²) in [7, 11) is 0. The van der Waals surface area contributed by atoms with Gasteiger partial charge in [-0.3, -0.25) is 0 Å². The average molecular weight is 283 g/mol. The van der Waals surface area contributed by atoms with E-state index in [0.717, 1.165) is 0 Å². The Morgan fingerprint density at radius 3 is 1.21 bits per heavy atom. The van der Waals surface area contributed by atoms with Crippen LogP contribution in [-0.2, 0) is 0 Å². The third kappa shape index (κ3) is 7.27. The third-order valence-electron chi connectivity index (χ3n) is 2.99. The molecule has 0 saturated carbocycles. The molecule has 0 aliphatic heterocycles. The van der Waals surface area contributed by atoms with Gasteiger partial charge in [0.1, 0.15) is 0 Å². The van der Waals surface area contributed by atoms with Crippen molar-refractivity contribution in [3.05, 3.63) is 0 Å². The van der Waals surface area contributed by atoms with Crippen LogP contribution in [0, 0.1) is 0 Å². The van der Waals surface area contributed by atoms with Crippen molar-refractivity contribution < 1.29 is 0 Å². The van der Waals surface area contributed by atoms with Crippen LogP contribution in [0.25, 0.3) is 0 Å². The molecule has 0 aliphatic carbocycles. The molecule has 0 saturated heterocycles. The number of hydrogen-bond acceptors (Lipinski definition) is 0. The summed E-state index contributed by atoms with van der Waals surface area (Å²) in [4.78, 5) is 0. The summed E-state index contributed by atoms with van der Waals surface area (Å²) >= 11 is 3.14. The standard InChI is InChI=1S/C12H29PSe/c1-4-7-10-13(14,11-8-5-2)12-9-6-3/h13-14H,4-12H2,1-3H3. The van der Waals surface area contributed by atoms with Gasteiger partial charge in [-0.25, -0.2) is 0 Å². The van der Waals surface area contributed by atoms with E-state index in [-0.39, 0.29) is 0 Å². The molecule has 0 unspecified atom stereocenters. The first kappa shape index (κ1) is 14.9. The van der Waals surface area contributed by atoms with E-state index in [4.69, 9.17) is 0 Å². The second-order valence-electron chi connectivity index (χ2n) is 4.54. The Labute approximate surface area is 99.4 Å². The summed E-state index contributed by atoms with van der Waals surface area (Å²) in [6.45, 7) is 6.96. The molecule has 0 aliphatic rings. The predicted molar refractivity (Wildman–Crippen MR) is 74.8 cm³/mol. The Morgan fingerprint density at radius 1 is 0.714 bits per heavy atom. The second-order valence-corrected chi connectivity index (χ2v) is 14.5. The van der Waals surface area contributed by atoms with Gasteiger partial charge in [0.15, 0.2) is 0 Å². The minimum atomic E-state index is -0.875. The molecule has 0 N–H and O–H groups in total. The Bertz CT molecular complexity index is 104. The van der Waals surface area contributed by atoms with Crippen LogP contribution in [-0.4, -0.2) is 34.1 Å². The summed E-state index contributed by atoms with van der Waals surface area (Å²) in [6, 6.07) is 0. The SMILES string of the molecule is CCCC[PH]([SeH])(CCCC)CCCC. The summed E-state index contributed by atoms with van der Waals surface area (Å²) in [5.74, 6) is -0.875. The van der Waals surface area contributed by atoms with E-state index in [1.165, 1.54) is 38.5 Å². The molecule has 2 heteroatoms. The van der Waals surface area contributed by atoms with E-state index in [0.29, 0.717) is 0 Å². The van der Waals surface area contributed by atoms with Crippen molar-refractivity contribution in [1.29, 1.82) is 0 Å². The molecule has 0 amide bonds. The van der Waals surface area contributed by atoms with Gasteiger partial charge in [0.25, 0.3) is 0 Å². The van der Waals surface area contributed by atoms with Gasteiger partial charge < -0.3 is 0 Å². The van der Waals surface area contributed by atoms with Crippen molar-refractivity contribution in [3.63, 3.8) is 0 Å². The van der Waals surface area contributed by atoms with Crippen molar-refractivity contribution in [2.45, 2.75) is 59.3 Å². The first-order valence-corrected chi connectivity index (χ1v) is 11.8. The molecule has 0 radical (unpaired) electrons. The molecule has 0 fully saturated rings. The molecule has 0 heterocycles. The Hall–Kier alpha value is 0.949. The average Bonchev–Trinajstić information content (AvgIpc) is 2.21. The van der Waals surface area contributed by atoms with E-state index >= 15 is 0 Å². The normalized spacial score (nSPS) is 13.1. The molecular weight excluding hydrogens is 254 g/mol. The quantitative estimate of drug-likeness (QED) is 0.444. The molecule has 0 aromatic heterocycles. The van der Waals surface area contributed by atoms with Crippen molar-refractivity contribution in [2.75, 3.05) is 18.5 Å². The summed E-state index contributed by atoms with van der Waals surface area (Å²) in [5, 5.41) is 0. The van der Waals surface area contributed by atoms with Crippen molar-refractivity contribution >= 4 is 21.5 Å². The maximum atomic E-state index is 3.14. The minimum absolute atomic E-state index is 0.875. The van der Waals surface area contributed by atoms with Crippen LogP contribution in [0.2, 0.25) is 0 Å². The molecule has 0 nitrogen and oxygen atoms in total. The zero-order valence-electron chi connectivity index (χ0n) is 10.3. The molecule has 0 bridgehead atoms. The van der Waals surface area contributed by atoms with Crippen LogP contribution in [0.4, 0.5) is 0 Å². The molecule has 0 spiro atoms. The maximum absolute atomic E-state index is 3.14. The van der Waals surface area contributed by atoms with Crippen LogP contribution < -0.4 is 0 Å². The number of hydrogen-bond donors (Lipinski definition) is 0. The summed E-state index contributed by atoms with van der Waals surface area (Å²) in [5.41, 5.74) is 0. The van der Waals surface area contributed by atoms with E-state index < -0.39 is 5.95 Å². The van der Waals surface area contributed by atoms with Crippen LogP contribution in [0.1, 0.15) is 59.3 Å². The van der Waals surface area contributed by atoms with Gasteiger partial charge in [0.05, 0.1) is 0 Å². The van der Waals surface area contributed by atoms with Crippen LogP contribution in [0.5, 0.6) is 0 Å². The van der Waals surface area contributed by atoms with Crippen LogP contribution in [0.15, 0.2) is 0 Å². The first-order valence-electron chi connectivity index (χ1n) is 6.41. The van der Waals surface area contributed by atoms with Gasteiger partial charge in [-0.15, -0.1) is 0 Å². The molecule has 0 aromatic rings. The molecular formula is C12H29PSe. The van der Waals surface area contributed by atoms with Gasteiger partial charge in [-0.2, -0.15) is 0 Å². The fraction of sp³-hybridized carbons (Fsp3) is 1.00. The molecule has 0 aromatic carbocycles. The number of rotatable bonds is 9. The van der Waals surface area contributed by atoms with E-state index in [1.54, 1.807) is 18.5 Å². The zero-order valence-corrected chi connectivity index (χ0v) is 13.2. The Kier molecular flexibility index (Phi) is 9.82. The van der Waals surface area contributed by atoms with Crippen molar-refractivity contribution in [1.82, 2.24) is 0 Å². The fourth-order valence-electron chi connectivity index (χ4n) is 1.89.